The van der Waals surface area contributed by atoms with E-state index in [1.54, 1.807) is 12.3 Å². The normalized spacial score (nSPS) is 14.4. The number of urea groups is 1. The number of hydrogen-bond donors (Lipinski definition) is 2. The molecule has 33 heavy (non-hydrogen) atoms. The molecule has 0 saturated carbocycles. The van der Waals surface area contributed by atoms with E-state index >= 15 is 0 Å². The van der Waals surface area contributed by atoms with Gasteiger partial charge in [-0.05, 0) is 36.6 Å². The Hall–Kier alpha value is -3.30. The largest absolute Gasteiger partial charge is 0.417 e. The van der Waals surface area contributed by atoms with Crippen LogP contribution in [0.25, 0.3) is 0 Å². The summed E-state index contributed by atoms with van der Waals surface area (Å²) in [5, 5.41) is 5.45. The second kappa shape index (κ2) is 10.5. The van der Waals surface area contributed by atoms with Gasteiger partial charge in [0.05, 0.1) is 23.0 Å². The van der Waals surface area contributed by atoms with E-state index in [1.165, 1.54) is 23.1 Å². The third-order valence-electron chi connectivity index (χ3n) is 5.39. The quantitative estimate of drug-likeness (QED) is 0.672. The minimum atomic E-state index is -4.58. The van der Waals surface area contributed by atoms with Crippen molar-refractivity contribution in [3.63, 3.8) is 0 Å². The fourth-order valence-corrected chi connectivity index (χ4v) is 3.54. The average molecular weight is 464 g/mol. The zero-order valence-corrected chi connectivity index (χ0v) is 18.7. The molecule has 10 heteroatoms. The maximum atomic E-state index is 13.2. The summed E-state index contributed by atoms with van der Waals surface area (Å²) in [6.07, 6.45) is -2.07. The van der Waals surface area contributed by atoms with Crippen molar-refractivity contribution in [3.05, 3.63) is 53.7 Å². The molecule has 0 radical (unpaired) electrons. The monoisotopic (exact) mass is 463 g/mol. The highest BCUT2D eigenvalue weighted by atomic mass is 19.4. The summed E-state index contributed by atoms with van der Waals surface area (Å²) in [6, 6.07) is 8.04. The standard InChI is InChI=1S/C23H28F3N5O2/c1-16(2)9-10-27-22(33)29-20-8-7-17(15-28-20)30-11-13-31(14-12-30)21(32)18-5-3-4-6-19(18)23(24,25)26/h3-8,15-16H,9-14H2,1-2H3,(H2,27,28,29,33). The summed E-state index contributed by atoms with van der Waals surface area (Å²) in [5.74, 6) is 0.292. The number of amides is 3. The van der Waals surface area contributed by atoms with Gasteiger partial charge in [-0.25, -0.2) is 9.78 Å². The molecule has 3 rings (SSSR count). The Balaban J connectivity index is 1.54. The van der Waals surface area contributed by atoms with Crippen LogP contribution in [0, 0.1) is 5.92 Å². The van der Waals surface area contributed by atoms with Gasteiger partial charge >= 0.3 is 12.2 Å². The highest BCUT2D eigenvalue weighted by Gasteiger charge is 2.36. The van der Waals surface area contributed by atoms with Gasteiger partial charge < -0.3 is 15.1 Å². The Morgan fingerprint density at radius 1 is 1.06 bits per heavy atom. The molecule has 0 aliphatic carbocycles. The number of pyridine rings is 1. The van der Waals surface area contributed by atoms with E-state index in [9.17, 15) is 22.8 Å². The van der Waals surface area contributed by atoms with Crippen LogP contribution in [0.5, 0.6) is 0 Å². The average Bonchev–Trinajstić information content (AvgIpc) is 2.78. The third kappa shape index (κ3) is 6.59. The van der Waals surface area contributed by atoms with E-state index in [-0.39, 0.29) is 11.6 Å². The molecular weight excluding hydrogens is 435 g/mol. The SMILES string of the molecule is CC(C)CCNC(=O)Nc1ccc(N2CCN(C(=O)c3ccccc3C(F)(F)F)CC2)cn1. The molecule has 3 amide bonds. The lowest BCUT2D eigenvalue weighted by Gasteiger charge is -2.36. The number of piperazine rings is 1. The number of nitrogens with one attached hydrogen (secondary N) is 2. The lowest BCUT2D eigenvalue weighted by Crippen LogP contribution is -2.49. The lowest BCUT2D eigenvalue weighted by molar-refractivity contribution is -0.138. The van der Waals surface area contributed by atoms with Gasteiger partial charge in [0.2, 0.25) is 0 Å². The van der Waals surface area contributed by atoms with Gasteiger partial charge in [-0.3, -0.25) is 10.1 Å². The van der Waals surface area contributed by atoms with Crippen molar-refractivity contribution in [2.75, 3.05) is 42.9 Å². The molecule has 1 fully saturated rings. The van der Waals surface area contributed by atoms with Crippen LogP contribution in [0.1, 0.15) is 36.2 Å². The first-order valence-electron chi connectivity index (χ1n) is 10.9. The third-order valence-corrected chi connectivity index (χ3v) is 5.39. The number of carbonyl (C=O) groups excluding carboxylic acids is 2. The molecule has 2 aromatic rings. The first kappa shape index (κ1) is 24.3. The number of anilines is 2. The smallest absolute Gasteiger partial charge is 0.367 e. The van der Waals surface area contributed by atoms with Crippen molar-refractivity contribution >= 4 is 23.4 Å². The van der Waals surface area contributed by atoms with Gasteiger partial charge in [0, 0.05) is 32.7 Å². The van der Waals surface area contributed by atoms with Crippen LogP contribution in [0.3, 0.4) is 0 Å². The van der Waals surface area contributed by atoms with Gasteiger partial charge in [0.25, 0.3) is 5.91 Å². The molecule has 1 aliphatic heterocycles. The Morgan fingerprint density at radius 2 is 1.76 bits per heavy atom. The van der Waals surface area contributed by atoms with Crippen LogP contribution in [0.4, 0.5) is 29.5 Å². The molecule has 2 heterocycles. The predicted octanol–water partition coefficient (Wildman–Crippen LogP) is 4.23. The van der Waals surface area contributed by atoms with Gasteiger partial charge in [-0.2, -0.15) is 13.2 Å². The fraction of sp³-hybridized carbons (Fsp3) is 0.435. The summed E-state index contributed by atoms with van der Waals surface area (Å²) in [4.78, 5) is 32.3. The Kier molecular flexibility index (Phi) is 7.78. The summed E-state index contributed by atoms with van der Waals surface area (Å²) in [7, 11) is 0. The molecular formula is C23H28F3N5O2. The summed E-state index contributed by atoms with van der Waals surface area (Å²) in [5.41, 5.74) is -0.441. The Bertz CT molecular complexity index is 955. The van der Waals surface area contributed by atoms with Crippen molar-refractivity contribution in [1.82, 2.24) is 15.2 Å². The zero-order valence-electron chi connectivity index (χ0n) is 18.7. The first-order chi connectivity index (χ1) is 15.6. The van der Waals surface area contributed by atoms with E-state index in [1.807, 2.05) is 11.0 Å². The minimum absolute atomic E-state index is 0.295. The number of rotatable bonds is 6. The molecule has 1 aromatic heterocycles. The molecule has 1 aliphatic rings. The van der Waals surface area contributed by atoms with E-state index in [2.05, 4.69) is 29.5 Å². The van der Waals surface area contributed by atoms with Crippen molar-refractivity contribution in [2.24, 2.45) is 5.92 Å². The van der Waals surface area contributed by atoms with Gasteiger partial charge in [0.1, 0.15) is 5.82 Å². The maximum absolute atomic E-state index is 13.2. The number of halogens is 3. The summed E-state index contributed by atoms with van der Waals surface area (Å²) >= 11 is 0. The van der Waals surface area contributed by atoms with Gasteiger partial charge in [-0.1, -0.05) is 26.0 Å². The van der Waals surface area contributed by atoms with Crippen molar-refractivity contribution in [2.45, 2.75) is 26.4 Å². The minimum Gasteiger partial charge on any atom is -0.367 e. The van der Waals surface area contributed by atoms with Crippen molar-refractivity contribution < 1.29 is 22.8 Å². The topological polar surface area (TPSA) is 77.6 Å². The van der Waals surface area contributed by atoms with Crippen molar-refractivity contribution in [1.29, 1.82) is 0 Å². The second-order valence-corrected chi connectivity index (χ2v) is 8.29. The molecule has 0 bridgehead atoms. The second-order valence-electron chi connectivity index (χ2n) is 8.29. The lowest BCUT2D eigenvalue weighted by atomic mass is 10.1. The summed E-state index contributed by atoms with van der Waals surface area (Å²) < 4.78 is 39.7. The predicted molar refractivity (Wildman–Crippen MR) is 120 cm³/mol. The molecule has 0 atom stereocenters. The van der Waals surface area contributed by atoms with Crippen LogP contribution >= 0.6 is 0 Å². The number of benzene rings is 1. The highest BCUT2D eigenvalue weighted by molar-refractivity contribution is 5.96. The number of carbonyl (C=O) groups is 2. The highest BCUT2D eigenvalue weighted by Crippen LogP contribution is 2.32. The summed E-state index contributed by atoms with van der Waals surface area (Å²) in [6.45, 7) is 6.26. The van der Waals surface area contributed by atoms with E-state index < -0.39 is 17.6 Å². The van der Waals surface area contributed by atoms with Gasteiger partial charge in [-0.15, -0.1) is 0 Å². The molecule has 178 valence electrons. The van der Waals surface area contributed by atoms with E-state index in [0.29, 0.717) is 44.5 Å². The van der Waals surface area contributed by atoms with Crippen LogP contribution in [0.15, 0.2) is 42.6 Å². The van der Waals surface area contributed by atoms with Gasteiger partial charge in [0.15, 0.2) is 0 Å². The molecule has 7 nitrogen and oxygen atoms in total. The molecule has 2 N–H and O–H groups in total. The molecule has 0 spiro atoms. The number of hydrogen-bond acceptors (Lipinski definition) is 4. The van der Waals surface area contributed by atoms with Crippen LogP contribution in [-0.2, 0) is 6.18 Å². The molecule has 0 unspecified atom stereocenters. The maximum Gasteiger partial charge on any atom is 0.417 e. The fourth-order valence-electron chi connectivity index (χ4n) is 3.54. The Labute approximate surface area is 191 Å². The molecule has 1 aromatic carbocycles. The molecule has 1 saturated heterocycles. The van der Waals surface area contributed by atoms with E-state index in [4.69, 9.17) is 0 Å². The first-order valence-corrected chi connectivity index (χ1v) is 10.9. The van der Waals surface area contributed by atoms with Crippen LogP contribution in [0.2, 0.25) is 0 Å². The number of nitrogens with zero attached hydrogens (tertiary/aromatic N) is 3. The number of aromatic nitrogens is 1. The van der Waals surface area contributed by atoms with E-state index in [0.717, 1.165) is 18.2 Å². The number of alkyl halides is 3. The van der Waals surface area contributed by atoms with Crippen LogP contribution in [-0.4, -0.2) is 54.5 Å². The zero-order chi connectivity index (χ0) is 24.0. The Morgan fingerprint density at radius 3 is 2.36 bits per heavy atom. The van der Waals surface area contributed by atoms with Crippen molar-refractivity contribution in [3.8, 4) is 0 Å². The van der Waals surface area contributed by atoms with Crippen LogP contribution < -0.4 is 15.5 Å².